The fourth-order valence-corrected chi connectivity index (χ4v) is 9.28. The van der Waals surface area contributed by atoms with Crippen molar-refractivity contribution in [3.05, 3.63) is 24.3 Å². The summed E-state index contributed by atoms with van der Waals surface area (Å²) in [5.74, 6) is 1.20. The number of hydrogen-bond donors (Lipinski definition) is 0. The molecule has 4 rings (SSSR count). The van der Waals surface area contributed by atoms with Crippen LogP contribution >= 0.6 is 11.8 Å². The Bertz CT molecular complexity index is 474. The molecule has 0 atom stereocenters. The number of anilines is 1. The second-order valence-corrected chi connectivity index (χ2v) is 10.4. The standard InChI is InChI=1S/C19H28NS2/c1-3-9-16(10-4-1)22(17-11-5-2-6-12-17)20-15-21-19-14-8-7-13-18(19)20/h7-8,13-14,16-17H,1-6,9-12,15H2/q+1. The molecule has 2 saturated carbocycles. The first kappa shape index (κ1) is 15.3. The van der Waals surface area contributed by atoms with Crippen molar-refractivity contribution >= 4 is 28.5 Å². The van der Waals surface area contributed by atoms with Crippen molar-refractivity contribution in [1.82, 2.24) is 0 Å². The smallest absolute Gasteiger partial charge is 0.143 e. The van der Waals surface area contributed by atoms with Crippen LogP contribution in [0.1, 0.15) is 64.2 Å². The molecule has 0 saturated heterocycles. The molecule has 1 nitrogen and oxygen atoms in total. The van der Waals surface area contributed by atoms with E-state index in [0.717, 1.165) is 10.5 Å². The van der Waals surface area contributed by atoms with Crippen LogP contribution in [0.3, 0.4) is 0 Å². The summed E-state index contributed by atoms with van der Waals surface area (Å²) < 4.78 is 2.84. The van der Waals surface area contributed by atoms with Gasteiger partial charge in [-0.3, -0.25) is 0 Å². The van der Waals surface area contributed by atoms with E-state index in [9.17, 15) is 0 Å². The van der Waals surface area contributed by atoms with Crippen LogP contribution in [0.15, 0.2) is 29.2 Å². The van der Waals surface area contributed by atoms with E-state index in [2.05, 4.69) is 40.3 Å². The second-order valence-electron chi connectivity index (χ2n) is 6.99. The van der Waals surface area contributed by atoms with Crippen LogP contribution in [0.2, 0.25) is 0 Å². The third-order valence-electron chi connectivity index (χ3n) is 5.51. The zero-order chi connectivity index (χ0) is 14.8. The van der Waals surface area contributed by atoms with Crippen LogP contribution in [-0.4, -0.2) is 16.4 Å². The van der Waals surface area contributed by atoms with Gasteiger partial charge in [-0.2, -0.15) is 4.31 Å². The molecule has 2 aliphatic carbocycles. The van der Waals surface area contributed by atoms with Gasteiger partial charge < -0.3 is 0 Å². The number of hydrogen-bond acceptors (Lipinski definition) is 2. The van der Waals surface area contributed by atoms with Gasteiger partial charge in [-0.05, 0) is 63.5 Å². The minimum absolute atomic E-state index is 0.478. The van der Waals surface area contributed by atoms with Crippen molar-refractivity contribution < 1.29 is 0 Å². The highest BCUT2D eigenvalue weighted by molar-refractivity contribution is 8.04. The molecular weight excluding hydrogens is 306 g/mol. The summed E-state index contributed by atoms with van der Waals surface area (Å²) in [5.41, 5.74) is 1.55. The monoisotopic (exact) mass is 334 g/mol. The highest BCUT2D eigenvalue weighted by atomic mass is 32.2. The molecule has 120 valence electrons. The number of rotatable bonds is 3. The van der Waals surface area contributed by atoms with Crippen molar-refractivity contribution in [3.63, 3.8) is 0 Å². The van der Waals surface area contributed by atoms with Crippen LogP contribution < -0.4 is 4.31 Å². The van der Waals surface area contributed by atoms with Crippen molar-refractivity contribution in [1.29, 1.82) is 0 Å². The van der Waals surface area contributed by atoms with Gasteiger partial charge >= 0.3 is 0 Å². The van der Waals surface area contributed by atoms with E-state index in [1.165, 1.54) is 75.0 Å². The zero-order valence-corrected chi connectivity index (χ0v) is 15.1. The van der Waals surface area contributed by atoms with Crippen LogP contribution in [0.25, 0.3) is 0 Å². The lowest BCUT2D eigenvalue weighted by atomic mass is 10.00. The maximum atomic E-state index is 2.84. The zero-order valence-electron chi connectivity index (χ0n) is 13.5. The summed E-state index contributed by atoms with van der Waals surface area (Å²) in [7, 11) is 0. The average molecular weight is 335 g/mol. The average Bonchev–Trinajstić information content (AvgIpc) is 3.01. The van der Waals surface area contributed by atoms with Gasteiger partial charge in [-0.25, -0.2) is 0 Å². The Labute approximate surface area is 142 Å². The van der Waals surface area contributed by atoms with Crippen molar-refractivity contribution in [2.45, 2.75) is 79.6 Å². The summed E-state index contributed by atoms with van der Waals surface area (Å²) in [5, 5.41) is 1.95. The van der Waals surface area contributed by atoms with Crippen LogP contribution in [-0.2, 0) is 11.1 Å². The van der Waals surface area contributed by atoms with Crippen LogP contribution in [0.5, 0.6) is 0 Å². The quantitative estimate of drug-likeness (QED) is 0.647. The fourth-order valence-electron chi connectivity index (χ4n) is 4.40. The van der Waals surface area contributed by atoms with E-state index in [0.29, 0.717) is 11.1 Å². The second kappa shape index (κ2) is 7.09. The summed E-state index contributed by atoms with van der Waals surface area (Å²) in [6.07, 6.45) is 14.8. The van der Waals surface area contributed by atoms with Crippen molar-refractivity contribution in [2.24, 2.45) is 0 Å². The Kier molecular flexibility index (Phi) is 4.92. The highest BCUT2D eigenvalue weighted by Crippen LogP contribution is 2.45. The van der Waals surface area contributed by atoms with E-state index < -0.39 is 0 Å². The molecule has 1 aliphatic heterocycles. The summed E-state index contributed by atoms with van der Waals surface area (Å²) >= 11 is 2.54. The van der Waals surface area contributed by atoms with Crippen LogP contribution in [0, 0.1) is 0 Å². The maximum absolute atomic E-state index is 2.84. The SMILES string of the molecule is c1ccc2c(c1)SCN2[S+](C1CCCCC1)C1CCCCC1. The van der Waals surface area contributed by atoms with Crippen molar-refractivity contribution in [2.75, 3.05) is 10.2 Å². The van der Waals surface area contributed by atoms with E-state index in [4.69, 9.17) is 0 Å². The third-order valence-corrected chi connectivity index (χ3v) is 9.86. The number of para-hydroxylation sites is 1. The number of fused-ring (bicyclic) bond motifs is 1. The Hall–Kier alpha value is -0.280. The molecule has 0 radical (unpaired) electrons. The minimum atomic E-state index is 0.478. The Morgan fingerprint density at radius 1 is 0.818 bits per heavy atom. The lowest BCUT2D eigenvalue weighted by molar-refractivity contribution is 0.488. The van der Waals surface area contributed by atoms with Gasteiger partial charge in [-0.1, -0.05) is 36.7 Å². The summed E-state index contributed by atoms with van der Waals surface area (Å²) in [6, 6.07) is 9.14. The topological polar surface area (TPSA) is 3.24 Å². The molecule has 1 heterocycles. The molecule has 3 heteroatoms. The summed E-state index contributed by atoms with van der Waals surface area (Å²) in [4.78, 5) is 1.52. The Morgan fingerprint density at radius 3 is 2.05 bits per heavy atom. The Balaban J connectivity index is 1.62. The highest BCUT2D eigenvalue weighted by Gasteiger charge is 2.47. The van der Waals surface area contributed by atoms with Crippen molar-refractivity contribution in [3.8, 4) is 0 Å². The first-order valence-electron chi connectivity index (χ1n) is 9.15. The number of thioether (sulfide) groups is 1. The molecule has 0 N–H and O–H groups in total. The predicted octanol–water partition coefficient (Wildman–Crippen LogP) is 5.75. The van der Waals surface area contributed by atoms with E-state index in [1.54, 1.807) is 5.69 Å². The molecule has 1 aromatic carbocycles. The number of nitrogens with zero attached hydrogens (tertiary/aromatic N) is 1. The third kappa shape index (κ3) is 3.03. The molecule has 1 aromatic rings. The lowest BCUT2D eigenvalue weighted by Crippen LogP contribution is -2.46. The van der Waals surface area contributed by atoms with Gasteiger partial charge in [0.15, 0.2) is 0 Å². The normalized spacial score (nSPS) is 24.0. The largest absolute Gasteiger partial charge is 0.183 e. The van der Waals surface area contributed by atoms with E-state index in [1.807, 2.05) is 0 Å². The molecule has 0 bridgehead atoms. The minimum Gasteiger partial charge on any atom is -0.183 e. The molecule has 0 aromatic heterocycles. The first-order chi connectivity index (χ1) is 10.9. The van der Waals surface area contributed by atoms with E-state index in [-0.39, 0.29) is 0 Å². The number of benzene rings is 1. The van der Waals surface area contributed by atoms with Gasteiger partial charge in [0.05, 0.1) is 5.69 Å². The van der Waals surface area contributed by atoms with Crippen LogP contribution in [0.4, 0.5) is 5.69 Å². The van der Waals surface area contributed by atoms with E-state index >= 15 is 0 Å². The van der Waals surface area contributed by atoms with Gasteiger partial charge in [0.1, 0.15) is 27.5 Å². The lowest BCUT2D eigenvalue weighted by Gasteiger charge is -2.34. The van der Waals surface area contributed by atoms with Gasteiger partial charge in [-0.15, -0.1) is 0 Å². The molecule has 2 fully saturated rings. The molecular formula is C19H28NS2+. The fraction of sp³-hybridized carbons (Fsp3) is 0.684. The molecule has 0 amide bonds. The van der Waals surface area contributed by atoms with Gasteiger partial charge in [0.25, 0.3) is 0 Å². The molecule has 0 spiro atoms. The maximum Gasteiger partial charge on any atom is 0.143 e. The Morgan fingerprint density at radius 2 is 1.41 bits per heavy atom. The predicted molar refractivity (Wildman–Crippen MR) is 101 cm³/mol. The van der Waals surface area contributed by atoms with Gasteiger partial charge in [0, 0.05) is 4.90 Å². The molecule has 3 aliphatic rings. The first-order valence-corrected chi connectivity index (χ1v) is 11.4. The molecule has 22 heavy (non-hydrogen) atoms. The van der Waals surface area contributed by atoms with Gasteiger partial charge in [0.2, 0.25) is 0 Å². The molecule has 0 unspecified atom stereocenters. The summed E-state index contributed by atoms with van der Waals surface area (Å²) in [6.45, 7) is 0.